The SMILES string of the molecule is CCN(Cc1ccc(N)cc1)C(=O)C1CCCOC1. The van der Waals surface area contributed by atoms with Gasteiger partial charge in [-0.25, -0.2) is 0 Å². The normalized spacial score (nSPS) is 19.1. The number of nitrogen functional groups attached to an aromatic ring is 1. The van der Waals surface area contributed by atoms with Crippen molar-refractivity contribution in [3.8, 4) is 0 Å². The maximum atomic E-state index is 12.4. The van der Waals surface area contributed by atoms with E-state index >= 15 is 0 Å². The number of benzene rings is 1. The van der Waals surface area contributed by atoms with Crippen molar-refractivity contribution in [1.29, 1.82) is 0 Å². The molecule has 1 aromatic carbocycles. The van der Waals surface area contributed by atoms with Crippen LogP contribution in [0, 0.1) is 5.92 Å². The maximum Gasteiger partial charge on any atom is 0.228 e. The Morgan fingerprint density at radius 3 is 2.74 bits per heavy atom. The predicted molar refractivity (Wildman–Crippen MR) is 75.5 cm³/mol. The van der Waals surface area contributed by atoms with Gasteiger partial charge in [-0.1, -0.05) is 12.1 Å². The summed E-state index contributed by atoms with van der Waals surface area (Å²) < 4.78 is 5.40. The summed E-state index contributed by atoms with van der Waals surface area (Å²) in [5, 5.41) is 0. The van der Waals surface area contributed by atoms with Crippen LogP contribution in [0.5, 0.6) is 0 Å². The molecule has 4 heteroatoms. The first-order valence-corrected chi connectivity index (χ1v) is 6.91. The fraction of sp³-hybridized carbons (Fsp3) is 0.533. The number of anilines is 1. The van der Waals surface area contributed by atoms with Crippen molar-refractivity contribution >= 4 is 11.6 Å². The summed E-state index contributed by atoms with van der Waals surface area (Å²) in [6, 6.07) is 7.69. The van der Waals surface area contributed by atoms with Gasteiger partial charge < -0.3 is 15.4 Å². The van der Waals surface area contributed by atoms with E-state index in [1.807, 2.05) is 36.1 Å². The van der Waals surface area contributed by atoms with Gasteiger partial charge in [0.2, 0.25) is 5.91 Å². The summed E-state index contributed by atoms with van der Waals surface area (Å²) in [6.07, 6.45) is 1.92. The lowest BCUT2D eigenvalue weighted by Gasteiger charge is -2.28. The van der Waals surface area contributed by atoms with Crippen molar-refractivity contribution in [2.75, 3.05) is 25.5 Å². The van der Waals surface area contributed by atoms with Crippen molar-refractivity contribution in [2.24, 2.45) is 5.92 Å². The van der Waals surface area contributed by atoms with Gasteiger partial charge in [-0.2, -0.15) is 0 Å². The van der Waals surface area contributed by atoms with Crippen molar-refractivity contribution < 1.29 is 9.53 Å². The lowest BCUT2D eigenvalue weighted by molar-refractivity contribution is -0.140. The molecule has 1 atom stereocenters. The van der Waals surface area contributed by atoms with E-state index in [1.165, 1.54) is 0 Å². The Hall–Kier alpha value is -1.55. The van der Waals surface area contributed by atoms with Gasteiger partial charge in [0.15, 0.2) is 0 Å². The third-order valence-electron chi connectivity index (χ3n) is 3.56. The minimum Gasteiger partial charge on any atom is -0.399 e. The number of rotatable bonds is 4. The summed E-state index contributed by atoms with van der Waals surface area (Å²) in [7, 11) is 0. The fourth-order valence-electron chi connectivity index (χ4n) is 2.38. The predicted octanol–water partition coefficient (Wildman–Crippen LogP) is 2.04. The lowest BCUT2D eigenvalue weighted by Crippen LogP contribution is -2.39. The molecule has 2 rings (SSSR count). The molecule has 1 aliphatic rings. The lowest BCUT2D eigenvalue weighted by atomic mass is 10.0. The third kappa shape index (κ3) is 3.70. The Balaban J connectivity index is 1.98. The Labute approximate surface area is 114 Å². The number of amides is 1. The highest BCUT2D eigenvalue weighted by Gasteiger charge is 2.25. The van der Waals surface area contributed by atoms with Gasteiger partial charge in [0.25, 0.3) is 0 Å². The highest BCUT2D eigenvalue weighted by Crippen LogP contribution is 2.18. The topological polar surface area (TPSA) is 55.6 Å². The number of nitrogens with zero attached hydrogens (tertiary/aromatic N) is 1. The monoisotopic (exact) mass is 262 g/mol. The standard InChI is InChI=1S/C15H22N2O2/c1-2-17(10-12-5-7-14(16)8-6-12)15(18)13-4-3-9-19-11-13/h5-8,13H,2-4,9-11,16H2,1H3. The summed E-state index contributed by atoms with van der Waals surface area (Å²) in [5.41, 5.74) is 7.53. The molecule has 4 nitrogen and oxygen atoms in total. The van der Waals surface area contributed by atoms with E-state index in [4.69, 9.17) is 10.5 Å². The molecule has 0 radical (unpaired) electrons. The van der Waals surface area contributed by atoms with Crippen molar-refractivity contribution in [3.05, 3.63) is 29.8 Å². The molecular weight excluding hydrogens is 240 g/mol. The molecule has 19 heavy (non-hydrogen) atoms. The Morgan fingerprint density at radius 2 is 2.16 bits per heavy atom. The summed E-state index contributed by atoms with van der Waals surface area (Å²) >= 11 is 0. The molecule has 2 N–H and O–H groups in total. The first kappa shape index (κ1) is 13.9. The van der Waals surface area contributed by atoms with Gasteiger partial charge in [0.1, 0.15) is 0 Å². The van der Waals surface area contributed by atoms with E-state index in [9.17, 15) is 4.79 Å². The first-order valence-electron chi connectivity index (χ1n) is 6.91. The number of carbonyl (C=O) groups excluding carboxylic acids is 1. The molecule has 0 aliphatic carbocycles. The highest BCUT2D eigenvalue weighted by molar-refractivity contribution is 5.79. The smallest absolute Gasteiger partial charge is 0.228 e. The molecule has 1 saturated heterocycles. The number of carbonyl (C=O) groups is 1. The largest absolute Gasteiger partial charge is 0.399 e. The number of hydrogen-bond donors (Lipinski definition) is 1. The van der Waals surface area contributed by atoms with E-state index in [0.29, 0.717) is 13.2 Å². The number of ether oxygens (including phenoxy) is 1. The van der Waals surface area contributed by atoms with Crippen molar-refractivity contribution in [2.45, 2.75) is 26.3 Å². The average Bonchev–Trinajstić information content (AvgIpc) is 2.47. The molecule has 1 fully saturated rings. The van der Waals surface area contributed by atoms with Crippen LogP contribution in [0.4, 0.5) is 5.69 Å². The van der Waals surface area contributed by atoms with Gasteiger partial charge in [-0.15, -0.1) is 0 Å². The maximum absolute atomic E-state index is 12.4. The Bertz CT molecular complexity index is 411. The molecule has 1 heterocycles. The zero-order valence-corrected chi connectivity index (χ0v) is 11.5. The summed E-state index contributed by atoms with van der Waals surface area (Å²) in [5.74, 6) is 0.238. The van der Waals surface area contributed by atoms with Crippen molar-refractivity contribution in [3.63, 3.8) is 0 Å². The van der Waals surface area contributed by atoms with Crippen LogP contribution in [0.15, 0.2) is 24.3 Å². The summed E-state index contributed by atoms with van der Waals surface area (Å²) in [6.45, 7) is 4.73. The third-order valence-corrected chi connectivity index (χ3v) is 3.56. The molecule has 0 saturated carbocycles. The molecule has 1 aliphatic heterocycles. The highest BCUT2D eigenvalue weighted by atomic mass is 16.5. The van der Waals surface area contributed by atoms with Gasteiger partial charge in [-0.05, 0) is 37.5 Å². The zero-order valence-electron chi connectivity index (χ0n) is 11.5. The van der Waals surface area contributed by atoms with Gasteiger partial charge in [0.05, 0.1) is 12.5 Å². The number of nitrogens with two attached hydrogens (primary N) is 1. The van der Waals surface area contributed by atoms with E-state index in [-0.39, 0.29) is 11.8 Å². The second-order valence-electron chi connectivity index (χ2n) is 5.01. The molecular formula is C15H22N2O2. The summed E-state index contributed by atoms with van der Waals surface area (Å²) in [4.78, 5) is 14.3. The Kier molecular flexibility index (Phi) is 4.80. The van der Waals surface area contributed by atoms with E-state index in [2.05, 4.69) is 0 Å². The van der Waals surface area contributed by atoms with Crippen LogP contribution in [0.25, 0.3) is 0 Å². The quantitative estimate of drug-likeness (QED) is 0.845. The molecule has 0 spiro atoms. The zero-order chi connectivity index (χ0) is 13.7. The van der Waals surface area contributed by atoms with Crippen LogP contribution in [0.2, 0.25) is 0 Å². The second kappa shape index (κ2) is 6.57. The van der Waals surface area contributed by atoms with E-state index in [0.717, 1.165) is 37.2 Å². The molecule has 1 unspecified atom stereocenters. The molecule has 1 aromatic rings. The number of hydrogen-bond acceptors (Lipinski definition) is 3. The van der Waals surface area contributed by atoms with Crippen LogP contribution in [-0.4, -0.2) is 30.6 Å². The van der Waals surface area contributed by atoms with Crippen LogP contribution in [0.1, 0.15) is 25.3 Å². The minimum atomic E-state index is 0.0301. The van der Waals surface area contributed by atoms with Gasteiger partial charge >= 0.3 is 0 Å². The average molecular weight is 262 g/mol. The molecule has 1 amide bonds. The van der Waals surface area contributed by atoms with Crippen molar-refractivity contribution in [1.82, 2.24) is 4.90 Å². The molecule has 0 bridgehead atoms. The molecule has 104 valence electrons. The fourth-order valence-corrected chi connectivity index (χ4v) is 2.38. The van der Waals surface area contributed by atoms with Crippen LogP contribution < -0.4 is 5.73 Å². The van der Waals surface area contributed by atoms with E-state index < -0.39 is 0 Å². The van der Waals surface area contributed by atoms with Gasteiger partial charge in [-0.3, -0.25) is 4.79 Å². The second-order valence-corrected chi connectivity index (χ2v) is 5.01. The van der Waals surface area contributed by atoms with Crippen LogP contribution in [0.3, 0.4) is 0 Å². The van der Waals surface area contributed by atoms with Crippen LogP contribution >= 0.6 is 0 Å². The minimum absolute atomic E-state index is 0.0301. The van der Waals surface area contributed by atoms with E-state index in [1.54, 1.807) is 0 Å². The van der Waals surface area contributed by atoms with Gasteiger partial charge in [0, 0.05) is 25.4 Å². The first-order chi connectivity index (χ1) is 9.20. The Morgan fingerprint density at radius 1 is 1.42 bits per heavy atom. The van der Waals surface area contributed by atoms with Crippen LogP contribution in [-0.2, 0) is 16.1 Å². The molecule has 0 aromatic heterocycles.